The molecule has 0 aromatic heterocycles. The molecule has 16 nitrogen and oxygen atoms in total. The van der Waals surface area contributed by atoms with Crippen LogP contribution in [0.4, 0.5) is 9.59 Å². The Bertz CT molecular complexity index is 1390. The first-order valence-corrected chi connectivity index (χ1v) is 15.8. The summed E-state index contributed by atoms with van der Waals surface area (Å²) in [6.45, 7) is 0.430. The van der Waals surface area contributed by atoms with E-state index in [1.807, 2.05) is 6.07 Å². The fourth-order valence-corrected chi connectivity index (χ4v) is 4.96. The molecule has 4 atom stereocenters. The molecule has 1 aliphatic rings. The van der Waals surface area contributed by atoms with E-state index < -0.39 is 59.9 Å². The predicted molar refractivity (Wildman–Crippen MR) is 176 cm³/mol. The van der Waals surface area contributed by atoms with Crippen molar-refractivity contribution in [3.63, 3.8) is 0 Å². The third-order valence-corrected chi connectivity index (χ3v) is 7.56. The van der Waals surface area contributed by atoms with E-state index in [4.69, 9.17) is 11.5 Å². The van der Waals surface area contributed by atoms with E-state index in [2.05, 4.69) is 37.2 Å². The Morgan fingerprint density at radius 1 is 0.833 bits per heavy atom. The number of aromatic hydroxyl groups is 1. The number of urea groups is 2. The van der Waals surface area contributed by atoms with Crippen LogP contribution in [0.1, 0.15) is 36.8 Å². The molecule has 0 saturated carbocycles. The van der Waals surface area contributed by atoms with Gasteiger partial charge in [-0.25, -0.2) is 9.59 Å². The smallest absolute Gasteiger partial charge is 0.314 e. The highest BCUT2D eigenvalue weighted by Crippen LogP contribution is 2.12. The number of hydrogen-bond acceptors (Lipinski definition) is 8. The van der Waals surface area contributed by atoms with Crippen LogP contribution in [-0.2, 0) is 32.0 Å². The van der Waals surface area contributed by atoms with Crippen molar-refractivity contribution in [2.24, 2.45) is 11.5 Å². The minimum Gasteiger partial charge on any atom is -0.508 e. The van der Waals surface area contributed by atoms with Crippen molar-refractivity contribution in [2.45, 2.75) is 62.7 Å². The average Bonchev–Trinajstić information content (AvgIpc) is 3.05. The maximum atomic E-state index is 13.7. The van der Waals surface area contributed by atoms with Gasteiger partial charge in [0.05, 0.1) is 6.04 Å². The molecule has 1 heterocycles. The monoisotopic (exact) mass is 667 g/mol. The Hall–Kier alpha value is -5.38. The average molecular weight is 668 g/mol. The van der Waals surface area contributed by atoms with Crippen molar-refractivity contribution in [3.8, 4) is 5.75 Å². The van der Waals surface area contributed by atoms with Gasteiger partial charge in [0.15, 0.2) is 0 Å². The summed E-state index contributed by atoms with van der Waals surface area (Å²) in [6, 6.07) is 9.67. The van der Waals surface area contributed by atoms with Crippen LogP contribution in [0, 0.1) is 0 Å². The molecule has 0 unspecified atom stereocenters. The van der Waals surface area contributed by atoms with E-state index >= 15 is 0 Å². The molecule has 1 aliphatic heterocycles. The van der Waals surface area contributed by atoms with E-state index in [1.165, 1.54) is 12.1 Å². The standard InChI is InChI=1S/C32H45N9O7/c33-23(18-21-9-11-22(42)12-10-21)27(43)39-24-8-4-5-14-37-32(48)38-15-13-25(28(44)35-16-17-36-31(34)47)40-30(46)26(41-29(24)45)19-20-6-2-1-3-7-20/h1-3,6-7,9-12,23-26,42H,4-5,8,13-19,33H2,(H,35,44)(H,39,43)(H,40,46)(H,41,45)(H3,34,36,47)(H2,37,38,48)/t23-,24+,25-,26-/m0/s1. The van der Waals surface area contributed by atoms with Gasteiger partial charge >= 0.3 is 12.1 Å². The summed E-state index contributed by atoms with van der Waals surface area (Å²) in [5.74, 6) is -2.36. The van der Waals surface area contributed by atoms with Crippen molar-refractivity contribution >= 4 is 35.7 Å². The van der Waals surface area contributed by atoms with Crippen molar-refractivity contribution in [1.82, 2.24) is 37.2 Å². The number of phenolic OH excluding ortho intramolecular Hbond substituents is 1. The fourth-order valence-electron chi connectivity index (χ4n) is 4.96. The molecular weight excluding hydrogens is 622 g/mol. The molecule has 2 aromatic carbocycles. The van der Waals surface area contributed by atoms with Gasteiger partial charge in [-0.05, 0) is 55.4 Å². The third kappa shape index (κ3) is 13.2. The number of amides is 8. The Morgan fingerprint density at radius 3 is 2.23 bits per heavy atom. The zero-order valence-electron chi connectivity index (χ0n) is 26.6. The molecular formula is C32H45N9O7. The first-order chi connectivity index (χ1) is 23.0. The number of nitrogens with two attached hydrogens (primary N) is 2. The molecule has 16 heteroatoms. The van der Waals surface area contributed by atoms with Gasteiger partial charge in [-0.1, -0.05) is 42.5 Å². The highest BCUT2D eigenvalue weighted by molar-refractivity contribution is 5.95. The first kappa shape index (κ1) is 37.1. The summed E-state index contributed by atoms with van der Waals surface area (Å²) >= 11 is 0. The highest BCUT2D eigenvalue weighted by Gasteiger charge is 2.31. The zero-order chi connectivity index (χ0) is 34.9. The first-order valence-electron chi connectivity index (χ1n) is 15.8. The molecule has 8 amide bonds. The number of rotatable bonds is 10. The second-order valence-electron chi connectivity index (χ2n) is 11.4. The van der Waals surface area contributed by atoms with Gasteiger partial charge in [0.25, 0.3) is 0 Å². The van der Waals surface area contributed by atoms with Crippen LogP contribution in [-0.4, -0.2) is 91.1 Å². The molecule has 0 radical (unpaired) electrons. The van der Waals surface area contributed by atoms with E-state index in [9.17, 15) is 33.9 Å². The molecule has 1 fully saturated rings. The number of hydrogen-bond donors (Lipinski definition) is 10. The minimum absolute atomic E-state index is 0.0256. The summed E-state index contributed by atoms with van der Waals surface area (Å²) in [7, 11) is 0. The maximum absolute atomic E-state index is 13.7. The molecule has 0 bridgehead atoms. The molecule has 1 saturated heterocycles. The summed E-state index contributed by atoms with van der Waals surface area (Å²) in [5.41, 5.74) is 12.7. The molecule has 0 spiro atoms. The number of nitrogens with one attached hydrogen (secondary N) is 7. The number of benzene rings is 2. The molecule has 0 aliphatic carbocycles. The predicted octanol–water partition coefficient (Wildman–Crippen LogP) is -1.38. The second kappa shape index (κ2) is 19.3. The van der Waals surface area contributed by atoms with E-state index in [1.54, 1.807) is 36.4 Å². The Kier molecular flexibility index (Phi) is 14.9. The van der Waals surface area contributed by atoms with Crippen molar-refractivity contribution in [3.05, 3.63) is 65.7 Å². The lowest BCUT2D eigenvalue weighted by Gasteiger charge is -2.26. The molecule has 3 rings (SSSR count). The van der Waals surface area contributed by atoms with Gasteiger partial charge in [-0.3, -0.25) is 19.2 Å². The van der Waals surface area contributed by atoms with Crippen LogP contribution in [0.2, 0.25) is 0 Å². The van der Waals surface area contributed by atoms with Crippen molar-refractivity contribution in [1.29, 1.82) is 0 Å². The topological polar surface area (TPSA) is 259 Å². The van der Waals surface area contributed by atoms with Crippen LogP contribution in [0.15, 0.2) is 54.6 Å². The van der Waals surface area contributed by atoms with Crippen LogP contribution < -0.4 is 48.7 Å². The van der Waals surface area contributed by atoms with Gasteiger partial charge in [-0.15, -0.1) is 0 Å². The van der Waals surface area contributed by atoms with Gasteiger partial charge in [-0.2, -0.15) is 0 Å². The lowest BCUT2D eigenvalue weighted by Crippen LogP contribution is -2.59. The summed E-state index contributed by atoms with van der Waals surface area (Å²) in [4.78, 5) is 77.0. The van der Waals surface area contributed by atoms with Crippen molar-refractivity contribution in [2.75, 3.05) is 26.2 Å². The van der Waals surface area contributed by atoms with Crippen LogP contribution in [0.3, 0.4) is 0 Å². The molecule has 12 N–H and O–H groups in total. The number of phenols is 1. The van der Waals surface area contributed by atoms with E-state index in [0.717, 1.165) is 5.56 Å². The number of carbonyl (C=O) groups is 6. The lowest BCUT2D eigenvalue weighted by molar-refractivity contribution is -0.134. The number of primary amides is 1. The second-order valence-corrected chi connectivity index (χ2v) is 11.4. The Balaban J connectivity index is 1.81. The number of carbonyl (C=O) groups excluding carboxylic acids is 6. The van der Waals surface area contributed by atoms with E-state index in [-0.39, 0.29) is 51.1 Å². The maximum Gasteiger partial charge on any atom is 0.314 e. The lowest BCUT2D eigenvalue weighted by atomic mass is 10.0. The van der Waals surface area contributed by atoms with Gasteiger partial charge < -0.3 is 53.8 Å². The van der Waals surface area contributed by atoms with Gasteiger partial charge in [0, 0.05) is 32.6 Å². The fraction of sp³-hybridized carbons (Fsp3) is 0.438. The van der Waals surface area contributed by atoms with Crippen molar-refractivity contribution < 1.29 is 33.9 Å². The Labute approximate surface area is 278 Å². The summed E-state index contributed by atoms with van der Waals surface area (Å²) in [5, 5.41) is 28.0. The molecule has 48 heavy (non-hydrogen) atoms. The molecule has 260 valence electrons. The van der Waals surface area contributed by atoms with E-state index in [0.29, 0.717) is 24.9 Å². The van der Waals surface area contributed by atoms with Crippen LogP contribution in [0.25, 0.3) is 0 Å². The summed E-state index contributed by atoms with van der Waals surface area (Å²) < 4.78 is 0. The normalized spacial score (nSPS) is 20.1. The Morgan fingerprint density at radius 2 is 1.52 bits per heavy atom. The quantitative estimate of drug-likeness (QED) is 0.135. The SMILES string of the molecule is NC(=O)NCCNC(=O)[C@@H]1CCNC(=O)NCCCC[C@@H](NC(=O)[C@@H](N)Cc2ccc(O)cc2)C(=O)N[C@@H](Cc2ccccc2)C(=O)N1. The van der Waals surface area contributed by atoms with Crippen LogP contribution in [0.5, 0.6) is 5.75 Å². The zero-order valence-corrected chi connectivity index (χ0v) is 26.6. The van der Waals surface area contributed by atoms with Gasteiger partial charge in [0.1, 0.15) is 23.9 Å². The van der Waals surface area contributed by atoms with Gasteiger partial charge in [0.2, 0.25) is 23.6 Å². The largest absolute Gasteiger partial charge is 0.508 e. The minimum atomic E-state index is -1.14. The molecule has 2 aromatic rings. The van der Waals surface area contributed by atoms with Crippen LogP contribution >= 0.6 is 0 Å². The third-order valence-electron chi connectivity index (χ3n) is 7.56. The highest BCUT2D eigenvalue weighted by atomic mass is 16.3. The summed E-state index contributed by atoms with van der Waals surface area (Å²) in [6.07, 6.45) is 1.39.